The smallest absolute Gasteiger partial charge is 0.416 e. The maximum atomic E-state index is 13.0. The van der Waals surface area contributed by atoms with E-state index in [9.17, 15) is 18.0 Å². The fourth-order valence-electron chi connectivity index (χ4n) is 3.67. The highest BCUT2D eigenvalue weighted by atomic mass is 32.1. The van der Waals surface area contributed by atoms with Gasteiger partial charge in [-0.3, -0.25) is 10.1 Å². The zero-order chi connectivity index (χ0) is 24.8. The first-order chi connectivity index (χ1) is 16.8. The number of hydrogen-bond acceptors (Lipinski definition) is 7. The summed E-state index contributed by atoms with van der Waals surface area (Å²) in [7, 11) is 0. The summed E-state index contributed by atoms with van der Waals surface area (Å²) in [5, 5.41) is 12.2. The van der Waals surface area contributed by atoms with Crippen LogP contribution in [0.5, 0.6) is 5.75 Å². The van der Waals surface area contributed by atoms with Crippen molar-refractivity contribution in [3.05, 3.63) is 70.2 Å². The predicted octanol–water partition coefficient (Wildman–Crippen LogP) is 4.21. The van der Waals surface area contributed by atoms with Crippen molar-refractivity contribution in [3.8, 4) is 5.75 Å². The van der Waals surface area contributed by atoms with Crippen molar-refractivity contribution < 1.29 is 32.5 Å². The molecular formula is C24H24F3N3O4S. The first-order valence-electron chi connectivity index (χ1n) is 11.0. The normalized spacial score (nSPS) is 14.1. The largest absolute Gasteiger partial charge is 0.489 e. The van der Waals surface area contributed by atoms with Crippen LogP contribution in [0.1, 0.15) is 26.4 Å². The zero-order valence-corrected chi connectivity index (χ0v) is 19.5. The first-order valence-corrected chi connectivity index (χ1v) is 11.8. The lowest BCUT2D eigenvalue weighted by Gasteiger charge is -2.30. The van der Waals surface area contributed by atoms with Crippen molar-refractivity contribution in [1.82, 2.24) is 4.98 Å². The predicted molar refractivity (Wildman–Crippen MR) is 126 cm³/mol. The van der Waals surface area contributed by atoms with Gasteiger partial charge in [0, 0.05) is 36.1 Å². The van der Waals surface area contributed by atoms with Crippen LogP contribution in [0.15, 0.2) is 48.7 Å². The molecule has 186 valence electrons. The van der Waals surface area contributed by atoms with Gasteiger partial charge < -0.3 is 19.5 Å². The number of morpholine rings is 1. The number of aromatic nitrogens is 1. The average molecular weight is 508 g/mol. The lowest BCUT2D eigenvalue weighted by Crippen LogP contribution is -2.36. The van der Waals surface area contributed by atoms with E-state index in [1.807, 2.05) is 0 Å². The van der Waals surface area contributed by atoms with Gasteiger partial charge in [0.25, 0.3) is 5.91 Å². The highest BCUT2D eigenvalue weighted by molar-refractivity contribution is 7.15. The van der Waals surface area contributed by atoms with Crippen LogP contribution in [0.3, 0.4) is 0 Å². The molecule has 1 saturated heterocycles. The number of ether oxygens (including phenoxy) is 2. The molecule has 0 aliphatic carbocycles. The van der Waals surface area contributed by atoms with Gasteiger partial charge in [-0.1, -0.05) is 18.2 Å². The molecule has 0 saturated carbocycles. The molecule has 1 aromatic heterocycles. The standard InChI is InChI=1S/C24H24F3N3O4S/c25-24(26,27)18-3-1-2-16(12-18)13-19-15-28-23(35-19)29-22(32)17-4-5-20(21(14-17)34-11-8-31)30-6-9-33-10-7-30/h1-5,12,14-15,31H,6-11,13H2,(H,28,29,32). The molecule has 11 heteroatoms. The third kappa shape index (κ3) is 6.50. The molecule has 0 atom stereocenters. The molecule has 0 radical (unpaired) electrons. The Bertz CT molecular complexity index is 1160. The van der Waals surface area contributed by atoms with Crippen LogP contribution in [0.2, 0.25) is 0 Å². The number of nitrogens with zero attached hydrogens (tertiary/aromatic N) is 2. The summed E-state index contributed by atoms with van der Waals surface area (Å²) in [6.07, 6.45) is -2.59. The van der Waals surface area contributed by atoms with Gasteiger partial charge in [0.2, 0.25) is 0 Å². The SMILES string of the molecule is O=C(Nc1ncc(Cc2cccc(C(F)(F)F)c2)s1)c1ccc(N2CCOCC2)c(OCCO)c1. The second-order valence-electron chi connectivity index (χ2n) is 7.81. The number of carbonyl (C=O) groups excluding carboxylic acids is 1. The van der Waals surface area contributed by atoms with E-state index in [2.05, 4.69) is 15.2 Å². The van der Waals surface area contributed by atoms with Crippen LogP contribution in [-0.2, 0) is 17.3 Å². The van der Waals surface area contributed by atoms with Gasteiger partial charge in [-0.05, 0) is 29.8 Å². The Morgan fingerprint density at radius 3 is 2.74 bits per heavy atom. The highest BCUT2D eigenvalue weighted by Gasteiger charge is 2.30. The molecule has 1 amide bonds. The summed E-state index contributed by atoms with van der Waals surface area (Å²) in [4.78, 5) is 19.8. The first kappa shape index (κ1) is 25.0. The van der Waals surface area contributed by atoms with Gasteiger partial charge in [0.1, 0.15) is 12.4 Å². The fourth-order valence-corrected chi connectivity index (χ4v) is 4.51. The number of amides is 1. The Morgan fingerprint density at radius 1 is 1.20 bits per heavy atom. The summed E-state index contributed by atoms with van der Waals surface area (Å²) < 4.78 is 49.9. The van der Waals surface area contributed by atoms with E-state index in [1.165, 1.54) is 23.6 Å². The molecule has 0 bridgehead atoms. The van der Waals surface area contributed by atoms with E-state index in [0.717, 1.165) is 17.8 Å². The summed E-state index contributed by atoms with van der Waals surface area (Å²) in [5.74, 6) is 0.0883. The Balaban J connectivity index is 1.45. The van der Waals surface area contributed by atoms with Crippen LogP contribution in [0, 0.1) is 0 Å². The molecule has 35 heavy (non-hydrogen) atoms. The van der Waals surface area contributed by atoms with Gasteiger partial charge >= 0.3 is 6.18 Å². The lowest BCUT2D eigenvalue weighted by molar-refractivity contribution is -0.137. The number of aliphatic hydroxyl groups excluding tert-OH is 1. The van der Waals surface area contributed by atoms with E-state index in [1.54, 1.807) is 24.3 Å². The Labute approximate surface area is 204 Å². The Hall–Kier alpha value is -3.15. The quantitative estimate of drug-likeness (QED) is 0.475. The van der Waals surface area contributed by atoms with E-state index in [0.29, 0.717) is 53.2 Å². The maximum absolute atomic E-state index is 13.0. The third-order valence-electron chi connectivity index (χ3n) is 5.33. The molecule has 0 spiro atoms. The summed E-state index contributed by atoms with van der Waals surface area (Å²) in [6.45, 7) is 2.49. The molecule has 2 aromatic carbocycles. The molecular weight excluding hydrogens is 483 g/mol. The minimum atomic E-state index is -4.40. The van der Waals surface area contributed by atoms with Crippen molar-refractivity contribution in [2.75, 3.05) is 49.7 Å². The number of hydrogen-bond donors (Lipinski definition) is 2. The summed E-state index contributed by atoms with van der Waals surface area (Å²) >= 11 is 1.20. The van der Waals surface area contributed by atoms with E-state index in [-0.39, 0.29) is 19.6 Å². The molecule has 1 aliphatic rings. The summed E-state index contributed by atoms with van der Waals surface area (Å²) in [6, 6.07) is 10.2. The maximum Gasteiger partial charge on any atom is 0.416 e. The monoisotopic (exact) mass is 507 g/mol. The van der Waals surface area contributed by atoms with Gasteiger partial charge in [0.05, 0.1) is 31.1 Å². The second kappa shape index (κ2) is 11.1. The topological polar surface area (TPSA) is 83.9 Å². The number of thiazole rings is 1. The van der Waals surface area contributed by atoms with Crippen LogP contribution in [0.25, 0.3) is 0 Å². The number of carbonyl (C=O) groups is 1. The third-order valence-corrected chi connectivity index (χ3v) is 6.24. The van der Waals surface area contributed by atoms with Crippen molar-refractivity contribution in [2.24, 2.45) is 0 Å². The van der Waals surface area contributed by atoms with E-state index >= 15 is 0 Å². The van der Waals surface area contributed by atoms with E-state index in [4.69, 9.17) is 14.6 Å². The number of rotatable bonds is 8. The Morgan fingerprint density at radius 2 is 2.00 bits per heavy atom. The highest BCUT2D eigenvalue weighted by Crippen LogP contribution is 2.32. The molecule has 1 fully saturated rings. The molecule has 2 heterocycles. The molecule has 4 rings (SSSR count). The van der Waals surface area contributed by atoms with Gasteiger partial charge in [0.15, 0.2) is 5.13 Å². The van der Waals surface area contributed by atoms with Crippen LogP contribution < -0.4 is 15.0 Å². The van der Waals surface area contributed by atoms with Crippen molar-refractivity contribution in [2.45, 2.75) is 12.6 Å². The number of nitrogens with one attached hydrogen (secondary N) is 1. The van der Waals surface area contributed by atoms with Crippen molar-refractivity contribution in [3.63, 3.8) is 0 Å². The molecule has 7 nitrogen and oxygen atoms in total. The Kier molecular flexibility index (Phi) is 7.89. The summed E-state index contributed by atoms with van der Waals surface area (Å²) in [5.41, 5.74) is 0.971. The number of anilines is 2. The van der Waals surface area contributed by atoms with Crippen molar-refractivity contribution >= 4 is 28.1 Å². The number of benzene rings is 2. The lowest BCUT2D eigenvalue weighted by atomic mass is 10.1. The van der Waals surface area contributed by atoms with Gasteiger partial charge in [-0.15, -0.1) is 11.3 Å². The number of aliphatic hydroxyl groups is 1. The van der Waals surface area contributed by atoms with Gasteiger partial charge in [-0.25, -0.2) is 4.98 Å². The molecule has 0 unspecified atom stereocenters. The second-order valence-corrected chi connectivity index (χ2v) is 8.93. The van der Waals surface area contributed by atoms with Crippen molar-refractivity contribution in [1.29, 1.82) is 0 Å². The van der Waals surface area contributed by atoms with Crippen LogP contribution >= 0.6 is 11.3 Å². The molecule has 3 aromatic rings. The minimum Gasteiger partial charge on any atom is -0.489 e. The minimum absolute atomic E-state index is 0.0911. The molecule has 1 aliphatic heterocycles. The van der Waals surface area contributed by atoms with E-state index < -0.39 is 17.6 Å². The van der Waals surface area contributed by atoms with Gasteiger partial charge in [-0.2, -0.15) is 13.2 Å². The average Bonchev–Trinajstić information content (AvgIpc) is 3.29. The van der Waals surface area contributed by atoms with Crippen LogP contribution in [0.4, 0.5) is 24.0 Å². The number of alkyl halides is 3. The van der Waals surface area contributed by atoms with Crippen LogP contribution in [-0.4, -0.2) is 55.5 Å². The number of halogens is 3. The fraction of sp³-hybridized carbons (Fsp3) is 0.333. The zero-order valence-electron chi connectivity index (χ0n) is 18.7. The molecule has 2 N–H and O–H groups in total.